The van der Waals surface area contributed by atoms with Crippen molar-refractivity contribution < 1.29 is 13.6 Å². The number of hydrogen-bond donors (Lipinski definition) is 0. The van der Waals surface area contributed by atoms with Gasteiger partial charge in [0.05, 0.1) is 12.2 Å². The van der Waals surface area contributed by atoms with E-state index >= 15 is 0 Å². The first-order chi connectivity index (χ1) is 15.8. The number of ether oxygens (including phenoxy) is 1. The van der Waals surface area contributed by atoms with Gasteiger partial charge in [-0.3, -0.25) is 0 Å². The first-order valence-corrected chi connectivity index (χ1v) is 18.8. The van der Waals surface area contributed by atoms with Crippen LogP contribution in [0.2, 0.25) is 36.3 Å². The van der Waals surface area contributed by atoms with Crippen molar-refractivity contribution in [2.45, 2.75) is 142 Å². The fourth-order valence-corrected chi connectivity index (χ4v) is 10.8. The smallest absolute Gasteiger partial charge is 0.192 e. The molecule has 0 aliphatic carbocycles. The van der Waals surface area contributed by atoms with Crippen molar-refractivity contribution in [2.75, 3.05) is 6.61 Å². The van der Waals surface area contributed by atoms with Crippen LogP contribution < -0.4 is 0 Å². The summed E-state index contributed by atoms with van der Waals surface area (Å²) in [6, 6.07) is 7.22. The van der Waals surface area contributed by atoms with Gasteiger partial charge in [-0.2, -0.15) is 0 Å². The third kappa shape index (κ3) is 9.62. The van der Waals surface area contributed by atoms with Gasteiger partial charge in [0.25, 0.3) is 0 Å². The van der Waals surface area contributed by atoms with Crippen LogP contribution in [0.1, 0.15) is 87.0 Å². The molecule has 5 heteroatoms. The second-order valence-corrected chi connectivity index (χ2v) is 19.6. The van der Waals surface area contributed by atoms with E-state index in [2.05, 4.69) is 67.4 Å². The quantitative estimate of drug-likeness (QED) is 0.0824. The molecular formula is C28H54O3Si2. The minimum absolute atomic E-state index is 0.173. The molecule has 0 unspecified atom stereocenters. The van der Waals surface area contributed by atoms with Gasteiger partial charge in [-0.05, 0) is 86.4 Å². The van der Waals surface area contributed by atoms with E-state index in [0.717, 1.165) is 45.1 Å². The number of rotatable bonds is 18. The first-order valence-electron chi connectivity index (χ1n) is 13.8. The van der Waals surface area contributed by atoms with E-state index in [0.29, 0.717) is 6.10 Å². The molecule has 1 saturated heterocycles. The zero-order valence-electron chi connectivity index (χ0n) is 23.1. The van der Waals surface area contributed by atoms with E-state index in [9.17, 15) is 0 Å². The minimum atomic E-state index is -1.65. The monoisotopic (exact) mass is 494 g/mol. The molecule has 0 amide bonds. The maximum atomic E-state index is 6.88. The Morgan fingerprint density at radius 3 is 2.09 bits per heavy atom. The molecule has 0 bridgehead atoms. The summed E-state index contributed by atoms with van der Waals surface area (Å²) in [5.41, 5.74) is 5.53. The Labute approximate surface area is 208 Å². The molecule has 33 heavy (non-hydrogen) atoms. The molecule has 0 aromatic heterocycles. The van der Waals surface area contributed by atoms with Gasteiger partial charge in [-0.15, -0.1) is 5.73 Å². The van der Waals surface area contributed by atoms with Crippen molar-refractivity contribution in [1.29, 1.82) is 0 Å². The van der Waals surface area contributed by atoms with Crippen LogP contribution >= 0.6 is 0 Å². The van der Waals surface area contributed by atoms with Gasteiger partial charge in [0, 0.05) is 19.1 Å². The highest BCUT2D eigenvalue weighted by Crippen LogP contribution is 2.33. The van der Waals surface area contributed by atoms with Gasteiger partial charge in [-0.25, -0.2) is 0 Å². The van der Waals surface area contributed by atoms with Crippen molar-refractivity contribution in [2.24, 2.45) is 0 Å². The normalized spacial score (nSPS) is 20.2. The topological polar surface area (TPSA) is 27.7 Å². The third-order valence-corrected chi connectivity index (χ3v) is 17.6. The van der Waals surface area contributed by atoms with Crippen LogP contribution in [-0.2, 0) is 13.6 Å². The molecule has 1 fully saturated rings. The molecule has 0 N–H and O–H groups in total. The van der Waals surface area contributed by atoms with Gasteiger partial charge < -0.3 is 13.6 Å². The molecule has 1 rings (SSSR count). The molecule has 0 radical (unpaired) electrons. The van der Waals surface area contributed by atoms with Gasteiger partial charge in [-0.1, -0.05) is 54.7 Å². The standard InChI is InChI=1S/C28H54O3Si2/c1-10-24(8)22-27(31-33(14-5,15-6)16-7)19-20-28-25(9)23-26(30-28)18-17-21-29-32(11-2,12-3)13-4/h26-28H,1,9,11-23H2,2-8H3/t26-,27-,28-/m0/s1. The summed E-state index contributed by atoms with van der Waals surface area (Å²) in [5.74, 6) is 0. The zero-order valence-corrected chi connectivity index (χ0v) is 25.1. The van der Waals surface area contributed by atoms with Crippen molar-refractivity contribution in [3.05, 3.63) is 30.0 Å². The molecule has 1 aliphatic rings. The maximum Gasteiger partial charge on any atom is 0.192 e. The zero-order chi connectivity index (χ0) is 24.9. The van der Waals surface area contributed by atoms with Crippen molar-refractivity contribution in [3.8, 4) is 0 Å². The van der Waals surface area contributed by atoms with E-state index in [1.54, 1.807) is 0 Å². The van der Waals surface area contributed by atoms with Crippen LogP contribution in [0.15, 0.2) is 30.0 Å². The largest absolute Gasteiger partial charge is 0.417 e. The summed E-state index contributed by atoms with van der Waals surface area (Å²) in [4.78, 5) is 0. The lowest BCUT2D eigenvalue weighted by molar-refractivity contribution is 0.0320. The van der Waals surface area contributed by atoms with Crippen molar-refractivity contribution in [1.82, 2.24) is 0 Å². The van der Waals surface area contributed by atoms with E-state index in [4.69, 9.17) is 13.6 Å². The fourth-order valence-electron chi connectivity index (χ4n) is 5.21. The Morgan fingerprint density at radius 1 is 1.00 bits per heavy atom. The summed E-state index contributed by atoms with van der Waals surface area (Å²) >= 11 is 0. The van der Waals surface area contributed by atoms with Crippen LogP contribution in [0.4, 0.5) is 0 Å². The van der Waals surface area contributed by atoms with Crippen LogP contribution in [-0.4, -0.2) is 41.6 Å². The average molecular weight is 495 g/mol. The van der Waals surface area contributed by atoms with Crippen LogP contribution in [0.5, 0.6) is 0 Å². The maximum absolute atomic E-state index is 6.88. The average Bonchev–Trinajstić information content (AvgIpc) is 3.20. The molecule has 0 spiro atoms. The number of hydrogen-bond acceptors (Lipinski definition) is 3. The first kappa shape index (κ1) is 30.6. The summed E-state index contributed by atoms with van der Waals surface area (Å²) < 4.78 is 19.8. The van der Waals surface area contributed by atoms with Gasteiger partial charge in [0.2, 0.25) is 0 Å². The lowest BCUT2D eigenvalue weighted by Crippen LogP contribution is -2.40. The van der Waals surface area contributed by atoms with Crippen molar-refractivity contribution in [3.63, 3.8) is 0 Å². The molecule has 3 nitrogen and oxygen atoms in total. The second-order valence-electron chi connectivity index (χ2n) is 10.1. The Hall–Kier alpha value is -0.426. The van der Waals surface area contributed by atoms with Crippen LogP contribution in [0, 0.1) is 0 Å². The third-order valence-electron chi connectivity index (χ3n) is 8.25. The Bertz CT molecular complexity index is 602. The predicted octanol–water partition coefficient (Wildman–Crippen LogP) is 8.79. The molecule has 1 aliphatic heterocycles. The predicted molar refractivity (Wildman–Crippen MR) is 149 cm³/mol. The molecule has 0 aromatic carbocycles. The van der Waals surface area contributed by atoms with Gasteiger partial charge in [0.15, 0.2) is 16.6 Å². The van der Waals surface area contributed by atoms with Crippen LogP contribution in [0.25, 0.3) is 0 Å². The molecular weight excluding hydrogens is 440 g/mol. The lowest BCUT2D eigenvalue weighted by Gasteiger charge is -2.34. The molecule has 0 aromatic rings. The van der Waals surface area contributed by atoms with E-state index in [-0.39, 0.29) is 12.2 Å². The van der Waals surface area contributed by atoms with Gasteiger partial charge in [0.1, 0.15) is 0 Å². The van der Waals surface area contributed by atoms with Gasteiger partial charge >= 0.3 is 0 Å². The SMILES string of the molecule is C=C=C(C)C[C@H](CC[C@@H]1O[C@@H](CCCO[Si](CC)(CC)CC)CC1=C)O[Si](CC)(CC)CC. The van der Waals surface area contributed by atoms with Crippen LogP contribution in [0.3, 0.4) is 0 Å². The molecule has 3 atom stereocenters. The highest BCUT2D eigenvalue weighted by Gasteiger charge is 2.34. The summed E-state index contributed by atoms with van der Waals surface area (Å²) in [5, 5.41) is 0. The molecule has 192 valence electrons. The van der Waals surface area contributed by atoms with Crippen molar-refractivity contribution >= 4 is 16.6 Å². The Kier molecular flexibility index (Phi) is 14.4. The lowest BCUT2D eigenvalue weighted by atomic mass is 9.99. The molecule has 1 heterocycles. The van der Waals surface area contributed by atoms with E-state index in [1.165, 1.54) is 47.4 Å². The summed E-state index contributed by atoms with van der Waals surface area (Å²) in [6.07, 6.45) is 6.82. The minimum Gasteiger partial charge on any atom is -0.417 e. The fraction of sp³-hybridized carbons (Fsp3) is 0.821. The second kappa shape index (κ2) is 15.5. The highest BCUT2D eigenvalue weighted by atomic mass is 28.4. The Morgan fingerprint density at radius 2 is 1.58 bits per heavy atom. The van der Waals surface area contributed by atoms with E-state index in [1.807, 2.05) is 0 Å². The highest BCUT2D eigenvalue weighted by molar-refractivity contribution is 6.74. The summed E-state index contributed by atoms with van der Waals surface area (Å²) in [6.45, 7) is 25.0. The summed E-state index contributed by atoms with van der Waals surface area (Å²) in [7, 11) is -3.12. The van der Waals surface area contributed by atoms with E-state index < -0.39 is 16.6 Å². The molecule has 0 saturated carbocycles. The Balaban J connectivity index is 2.58.